The predicted molar refractivity (Wildman–Crippen MR) is 138 cm³/mol. The Hall–Kier alpha value is -4.30. The number of rotatable bonds is 4. The van der Waals surface area contributed by atoms with Gasteiger partial charge in [-0.1, -0.05) is 72.8 Å². The molecule has 0 aliphatic heterocycles. The molecule has 6 rings (SSSR count). The average Bonchev–Trinajstić information content (AvgIpc) is 2.84. The summed E-state index contributed by atoms with van der Waals surface area (Å²) in [7, 11) is 0. The summed E-state index contributed by atoms with van der Waals surface area (Å²) in [4.78, 5) is 0. The van der Waals surface area contributed by atoms with Crippen LogP contribution in [0.25, 0.3) is 32.3 Å². The van der Waals surface area contributed by atoms with Crippen molar-refractivity contribution in [3.63, 3.8) is 0 Å². The van der Waals surface area contributed by atoms with Crippen molar-refractivity contribution in [1.82, 2.24) is 0 Å². The minimum atomic E-state index is 1.09. The van der Waals surface area contributed by atoms with Crippen LogP contribution in [0.3, 0.4) is 0 Å². The molecule has 0 atom stereocenters. The zero-order valence-electron chi connectivity index (χ0n) is 17.5. The average molecular weight is 411 g/mol. The molecule has 0 spiro atoms. The highest BCUT2D eigenvalue weighted by Crippen LogP contribution is 2.28. The maximum atomic E-state index is 3.54. The zero-order chi connectivity index (χ0) is 21.3. The Balaban J connectivity index is 1.25. The van der Waals surface area contributed by atoms with Crippen molar-refractivity contribution in [3.05, 3.63) is 121 Å². The van der Waals surface area contributed by atoms with Crippen LogP contribution in [0.5, 0.6) is 0 Å². The number of hydrogen-bond donors (Lipinski definition) is 2. The molecule has 152 valence electrons. The minimum absolute atomic E-state index is 1.09. The van der Waals surface area contributed by atoms with E-state index in [9.17, 15) is 0 Å². The monoisotopic (exact) mass is 410 g/mol. The van der Waals surface area contributed by atoms with Gasteiger partial charge in [-0.15, -0.1) is 0 Å². The summed E-state index contributed by atoms with van der Waals surface area (Å²) in [5.41, 5.74) is 4.36. The number of benzene rings is 6. The molecule has 6 aromatic rings. The van der Waals surface area contributed by atoms with Crippen LogP contribution >= 0.6 is 0 Å². The maximum Gasteiger partial charge on any atom is 0.0390 e. The van der Waals surface area contributed by atoms with Crippen molar-refractivity contribution in [1.29, 1.82) is 0 Å². The van der Waals surface area contributed by atoms with Crippen LogP contribution in [0.4, 0.5) is 22.7 Å². The Morgan fingerprint density at radius 1 is 0.281 bits per heavy atom. The third-order valence-corrected chi connectivity index (χ3v) is 5.92. The van der Waals surface area contributed by atoms with Gasteiger partial charge in [0.25, 0.3) is 0 Å². The molecular formula is C30H22N2. The van der Waals surface area contributed by atoms with Crippen LogP contribution in [0, 0.1) is 0 Å². The lowest BCUT2D eigenvalue weighted by atomic mass is 10.1. The summed E-state index contributed by atoms with van der Waals surface area (Å²) < 4.78 is 0. The van der Waals surface area contributed by atoms with Gasteiger partial charge in [0.05, 0.1) is 0 Å². The van der Waals surface area contributed by atoms with E-state index in [0.29, 0.717) is 0 Å². The lowest BCUT2D eigenvalue weighted by molar-refractivity contribution is 1.57. The van der Waals surface area contributed by atoms with Crippen LogP contribution in [0.1, 0.15) is 0 Å². The number of fused-ring (bicyclic) bond motifs is 3. The molecule has 0 bridgehead atoms. The fourth-order valence-corrected chi connectivity index (χ4v) is 4.27. The fraction of sp³-hybridized carbons (Fsp3) is 0. The van der Waals surface area contributed by atoms with E-state index in [4.69, 9.17) is 0 Å². The summed E-state index contributed by atoms with van der Waals surface area (Å²) in [6.07, 6.45) is 0. The van der Waals surface area contributed by atoms with Crippen molar-refractivity contribution < 1.29 is 0 Å². The Bertz CT molecular complexity index is 1460. The lowest BCUT2D eigenvalue weighted by Gasteiger charge is -2.11. The first-order valence-corrected chi connectivity index (χ1v) is 10.9. The smallest absolute Gasteiger partial charge is 0.0390 e. The predicted octanol–water partition coefficient (Wildman–Crippen LogP) is 8.63. The van der Waals surface area contributed by atoms with E-state index in [-0.39, 0.29) is 0 Å². The molecule has 0 heterocycles. The van der Waals surface area contributed by atoms with Gasteiger partial charge in [-0.3, -0.25) is 0 Å². The molecule has 0 aromatic heterocycles. The molecule has 2 nitrogen and oxygen atoms in total. The van der Waals surface area contributed by atoms with E-state index in [1.54, 1.807) is 0 Å². The molecule has 0 saturated heterocycles. The topological polar surface area (TPSA) is 24.1 Å². The molecule has 0 aliphatic rings. The summed E-state index contributed by atoms with van der Waals surface area (Å²) in [5, 5.41) is 14.5. The van der Waals surface area contributed by atoms with Crippen molar-refractivity contribution in [3.8, 4) is 0 Å². The fourth-order valence-electron chi connectivity index (χ4n) is 4.27. The Morgan fingerprint density at radius 3 is 0.938 bits per heavy atom. The number of nitrogens with one attached hydrogen (secondary N) is 2. The molecule has 0 aliphatic carbocycles. The highest BCUT2D eigenvalue weighted by atomic mass is 14.9. The maximum absolute atomic E-state index is 3.54. The highest BCUT2D eigenvalue weighted by Gasteiger charge is 2.02. The lowest BCUT2D eigenvalue weighted by Crippen LogP contribution is -1.92. The van der Waals surface area contributed by atoms with Crippen LogP contribution in [0.2, 0.25) is 0 Å². The van der Waals surface area contributed by atoms with Crippen molar-refractivity contribution in [2.45, 2.75) is 0 Å². The molecule has 6 aromatic carbocycles. The second kappa shape index (κ2) is 7.75. The van der Waals surface area contributed by atoms with E-state index in [0.717, 1.165) is 22.7 Å². The van der Waals surface area contributed by atoms with E-state index in [2.05, 4.69) is 132 Å². The minimum Gasteiger partial charge on any atom is -0.355 e. The van der Waals surface area contributed by atoms with Crippen LogP contribution in [-0.2, 0) is 0 Å². The van der Waals surface area contributed by atoms with E-state index in [1.165, 1.54) is 32.3 Å². The van der Waals surface area contributed by atoms with Crippen LogP contribution in [-0.4, -0.2) is 0 Å². The molecule has 32 heavy (non-hydrogen) atoms. The summed E-state index contributed by atoms with van der Waals surface area (Å²) >= 11 is 0. The van der Waals surface area contributed by atoms with Crippen LogP contribution in [0.15, 0.2) is 121 Å². The van der Waals surface area contributed by atoms with Gasteiger partial charge < -0.3 is 10.6 Å². The molecule has 2 heteroatoms. The van der Waals surface area contributed by atoms with Gasteiger partial charge in [0, 0.05) is 22.7 Å². The highest BCUT2D eigenvalue weighted by molar-refractivity contribution is 5.92. The SMILES string of the molecule is c1ccc2cc(Nc3ccc4cc(Nc5ccc6ccccc6c5)ccc4c3)ccc2c1. The first kappa shape index (κ1) is 18.5. The molecular weight excluding hydrogens is 388 g/mol. The Labute approximate surface area is 187 Å². The van der Waals surface area contributed by atoms with Gasteiger partial charge in [0.15, 0.2) is 0 Å². The molecule has 0 fully saturated rings. The van der Waals surface area contributed by atoms with Gasteiger partial charge in [-0.25, -0.2) is 0 Å². The van der Waals surface area contributed by atoms with Crippen LogP contribution < -0.4 is 10.6 Å². The molecule has 2 N–H and O–H groups in total. The van der Waals surface area contributed by atoms with E-state index in [1.807, 2.05) is 0 Å². The third-order valence-electron chi connectivity index (χ3n) is 5.92. The van der Waals surface area contributed by atoms with Crippen molar-refractivity contribution in [2.24, 2.45) is 0 Å². The van der Waals surface area contributed by atoms with E-state index >= 15 is 0 Å². The zero-order valence-corrected chi connectivity index (χ0v) is 17.5. The van der Waals surface area contributed by atoms with E-state index < -0.39 is 0 Å². The Morgan fingerprint density at radius 2 is 0.562 bits per heavy atom. The quantitative estimate of drug-likeness (QED) is 0.304. The summed E-state index contributed by atoms with van der Waals surface area (Å²) in [5.74, 6) is 0. The van der Waals surface area contributed by atoms with Crippen molar-refractivity contribution >= 4 is 55.1 Å². The van der Waals surface area contributed by atoms with Gasteiger partial charge in [0.2, 0.25) is 0 Å². The third kappa shape index (κ3) is 3.63. The second-order valence-electron chi connectivity index (χ2n) is 8.15. The van der Waals surface area contributed by atoms with Crippen molar-refractivity contribution in [2.75, 3.05) is 10.6 Å². The largest absolute Gasteiger partial charge is 0.355 e. The Kier molecular flexibility index (Phi) is 4.47. The first-order chi connectivity index (χ1) is 15.8. The van der Waals surface area contributed by atoms with Gasteiger partial charge in [-0.2, -0.15) is 0 Å². The number of hydrogen-bond acceptors (Lipinski definition) is 2. The molecule has 0 amide bonds. The van der Waals surface area contributed by atoms with Gasteiger partial charge in [0.1, 0.15) is 0 Å². The summed E-state index contributed by atoms with van der Waals surface area (Å²) in [6, 6.07) is 42.8. The van der Waals surface area contributed by atoms with Gasteiger partial charge >= 0.3 is 0 Å². The summed E-state index contributed by atoms with van der Waals surface area (Å²) in [6.45, 7) is 0. The molecule has 0 radical (unpaired) electrons. The second-order valence-corrected chi connectivity index (χ2v) is 8.15. The van der Waals surface area contributed by atoms with Gasteiger partial charge in [-0.05, 0) is 80.8 Å². The standard InChI is InChI=1S/C30H22N2/c1-3-7-23-17-27(13-9-21(23)5-1)31-29-15-11-26-20-30(16-12-25(26)19-29)32-28-14-10-22-6-2-4-8-24(22)18-28/h1-20,31-32H. The number of anilines is 4. The normalized spacial score (nSPS) is 11.1. The first-order valence-electron chi connectivity index (χ1n) is 10.9. The molecule has 0 unspecified atom stereocenters. The molecule has 0 saturated carbocycles.